The highest BCUT2D eigenvalue weighted by molar-refractivity contribution is 5.97. The van der Waals surface area contributed by atoms with E-state index >= 15 is 0 Å². The van der Waals surface area contributed by atoms with Crippen LogP contribution in [0.15, 0.2) is 48.5 Å². The highest BCUT2D eigenvalue weighted by atomic mass is 16.7. The normalized spacial score (nSPS) is 22.8. The largest absolute Gasteiger partial charge is 0.462 e. The number of carbonyl (C=O) groups excluding carboxylic acids is 5. The first-order valence-corrected chi connectivity index (χ1v) is 15.3. The van der Waals surface area contributed by atoms with Gasteiger partial charge in [-0.3, -0.25) is 24.0 Å². The van der Waals surface area contributed by atoms with E-state index < -0.39 is 54.5 Å². The number of Topliss-reactive ketones (excluding diaryl/α,β-unsaturated/α-hetero) is 1. The first-order valence-electron chi connectivity index (χ1n) is 15.3. The average molecular weight is 656 g/mol. The second kappa shape index (κ2) is 16.4. The summed E-state index contributed by atoms with van der Waals surface area (Å²) < 4.78 is 11.3. The van der Waals surface area contributed by atoms with Crippen LogP contribution in [0.4, 0.5) is 11.4 Å². The van der Waals surface area contributed by atoms with Crippen molar-refractivity contribution in [3.63, 3.8) is 0 Å². The highest BCUT2D eigenvalue weighted by Gasteiger charge is 2.48. The molecule has 2 aromatic carbocycles. The standard InChI is InChI=1S/C32H41N5O10/c1-17(38)15-34-24(39)14-13-23(33-2)30(44)35-16-25(40)36-20-7-9-21(10-8-20)37-31(45)29-27(42)26(41)28(43)32(47-29)46-22-11-5-19(6-12-22)18-3-4-18/h5-12,18,23,26-29,32-33,41-43H,3-4,13-16H2,1-2H3,(H,34,39)(H,35,44)(H,36,40)(H,37,45). The molecule has 2 fully saturated rings. The van der Waals surface area contributed by atoms with Gasteiger partial charge < -0.3 is 51.4 Å². The van der Waals surface area contributed by atoms with Gasteiger partial charge in [0.15, 0.2) is 6.10 Å². The molecule has 1 heterocycles. The first kappa shape index (κ1) is 35.4. The Bertz CT molecular complexity index is 1420. The van der Waals surface area contributed by atoms with Crippen LogP contribution in [0.2, 0.25) is 0 Å². The molecule has 0 spiro atoms. The van der Waals surface area contributed by atoms with Crippen LogP contribution in [-0.4, -0.2) is 102 Å². The molecule has 0 bridgehead atoms. The second-order valence-corrected chi connectivity index (χ2v) is 11.5. The van der Waals surface area contributed by atoms with Gasteiger partial charge in [-0.05, 0) is 81.1 Å². The van der Waals surface area contributed by atoms with Gasteiger partial charge in [-0.15, -0.1) is 0 Å². The summed E-state index contributed by atoms with van der Waals surface area (Å²) in [4.78, 5) is 60.6. The fourth-order valence-electron chi connectivity index (χ4n) is 4.87. The van der Waals surface area contributed by atoms with Crippen molar-refractivity contribution in [1.82, 2.24) is 16.0 Å². The Morgan fingerprint density at radius 1 is 0.830 bits per heavy atom. The van der Waals surface area contributed by atoms with Crippen molar-refractivity contribution in [2.45, 2.75) is 75.3 Å². The summed E-state index contributed by atoms with van der Waals surface area (Å²) in [7, 11) is 1.55. The molecule has 254 valence electrons. The summed E-state index contributed by atoms with van der Waals surface area (Å²) in [5.74, 6) is -1.45. The van der Waals surface area contributed by atoms with Crippen LogP contribution in [-0.2, 0) is 28.7 Å². The monoisotopic (exact) mass is 655 g/mol. The van der Waals surface area contributed by atoms with Crippen molar-refractivity contribution in [3.8, 4) is 5.75 Å². The summed E-state index contributed by atoms with van der Waals surface area (Å²) in [5, 5.41) is 44.2. The molecular weight excluding hydrogens is 614 g/mol. The molecule has 4 rings (SSSR count). The molecule has 1 aliphatic carbocycles. The fraction of sp³-hybridized carbons (Fsp3) is 0.469. The Morgan fingerprint density at radius 2 is 1.47 bits per heavy atom. The van der Waals surface area contributed by atoms with Crippen molar-refractivity contribution < 1.29 is 48.8 Å². The Kier molecular flexibility index (Phi) is 12.4. The number of ether oxygens (including phenoxy) is 2. The van der Waals surface area contributed by atoms with E-state index in [-0.39, 0.29) is 43.3 Å². The smallest absolute Gasteiger partial charge is 0.256 e. The number of anilines is 2. The zero-order valence-corrected chi connectivity index (χ0v) is 26.1. The van der Waals surface area contributed by atoms with E-state index in [1.165, 1.54) is 36.8 Å². The minimum absolute atomic E-state index is 0.0126. The molecule has 47 heavy (non-hydrogen) atoms. The van der Waals surface area contributed by atoms with Gasteiger partial charge in [-0.1, -0.05) is 12.1 Å². The molecule has 1 saturated carbocycles. The van der Waals surface area contributed by atoms with E-state index in [1.807, 2.05) is 12.1 Å². The van der Waals surface area contributed by atoms with Crippen LogP contribution < -0.4 is 31.3 Å². The third-order valence-electron chi connectivity index (χ3n) is 7.73. The van der Waals surface area contributed by atoms with Gasteiger partial charge in [0.1, 0.15) is 29.8 Å². The molecule has 1 aliphatic heterocycles. The zero-order chi connectivity index (χ0) is 34.1. The number of likely N-dealkylation sites (N-methyl/N-ethyl adjacent to an activating group) is 1. The van der Waals surface area contributed by atoms with Gasteiger partial charge in [-0.25, -0.2) is 0 Å². The average Bonchev–Trinajstić information content (AvgIpc) is 3.90. The first-order chi connectivity index (χ1) is 22.4. The van der Waals surface area contributed by atoms with Crippen LogP contribution in [0, 0.1) is 0 Å². The number of hydrogen-bond acceptors (Lipinski definition) is 11. The van der Waals surface area contributed by atoms with Crippen molar-refractivity contribution >= 4 is 40.8 Å². The molecule has 1 saturated heterocycles. The lowest BCUT2D eigenvalue weighted by Crippen LogP contribution is -2.62. The summed E-state index contributed by atoms with van der Waals surface area (Å²) in [6.07, 6.45) is -5.61. The zero-order valence-electron chi connectivity index (χ0n) is 26.1. The Hall–Kier alpha value is -4.41. The van der Waals surface area contributed by atoms with E-state index in [4.69, 9.17) is 9.47 Å². The van der Waals surface area contributed by atoms with E-state index in [0.717, 1.165) is 12.8 Å². The molecule has 15 nitrogen and oxygen atoms in total. The van der Waals surface area contributed by atoms with E-state index in [2.05, 4.69) is 26.6 Å². The molecular formula is C32H41N5O10. The van der Waals surface area contributed by atoms with Crippen molar-refractivity contribution in [3.05, 3.63) is 54.1 Å². The Balaban J connectivity index is 1.23. The predicted octanol–water partition coefficient (Wildman–Crippen LogP) is -0.483. The van der Waals surface area contributed by atoms with Crippen LogP contribution in [0.25, 0.3) is 0 Å². The molecule has 0 aromatic heterocycles. The maximum Gasteiger partial charge on any atom is 0.256 e. The number of rotatable bonds is 15. The number of carbonyl (C=O) groups is 5. The van der Waals surface area contributed by atoms with Gasteiger partial charge >= 0.3 is 0 Å². The quantitative estimate of drug-likeness (QED) is 0.122. The predicted molar refractivity (Wildman–Crippen MR) is 168 cm³/mol. The molecule has 8 N–H and O–H groups in total. The topological polar surface area (TPSA) is 225 Å². The molecule has 15 heteroatoms. The van der Waals surface area contributed by atoms with E-state index in [9.17, 15) is 39.3 Å². The number of nitrogens with one attached hydrogen (secondary N) is 5. The van der Waals surface area contributed by atoms with Gasteiger partial charge in [0.05, 0.1) is 19.1 Å². The molecule has 0 radical (unpaired) electrons. The number of ketones is 1. The number of benzene rings is 2. The summed E-state index contributed by atoms with van der Waals surface area (Å²) in [6, 6.07) is 12.5. The number of aliphatic hydroxyl groups excluding tert-OH is 3. The summed E-state index contributed by atoms with van der Waals surface area (Å²) >= 11 is 0. The lowest BCUT2D eigenvalue weighted by molar-refractivity contribution is -0.265. The van der Waals surface area contributed by atoms with Crippen molar-refractivity contribution in [2.75, 3.05) is 30.8 Å². The Morgan fingerprint density at radius 3 is 2.06 bits per heavy atom. The molecule has 6 unspecified atom stereocenters. The minimum Gasteiger partial charge on any atom is -0.462 e. The van der Waals surface area contributed by atoms with Crippen molar-refractivity contribution in [1.29, 1.82) is 0 Å². The molecule has 4 amide bonds. The third kappa shape index (κ3) is 10.3. The lowest BCUT2D eigenvalue weighted by atomic mass is 9.98. The van der Waals surface area contributed by atoms with Gasteiger partial charge in [0.25, 0.3) is 5.91 Å². The SMILES string of the molecule is CNC(CCC(=O)NCC(C)=O)C(=O)NCC(=O)Nc1ccc(NC(=O)C2OC(Oc3ccc(C4CC4)cc3)C(O)C(O)C2O)cc1. The van der Waals surface area contributed by atoms with Gasteiger partial charge in [-0.2, -0.15) is 0 Å². The van der Waals surface area contributed by atoms with Gasteiger partial charge in [0.2, 0.25) is 24.0 Å². The maximum atomic E-state index is 13.0. The van der Waals surface area contributed by atoms with Gasteiger partial charge in [0, 0.05) is 17.8 Å². The van der Waals surface area contributed by atoms with Crippen LogP contribution in [0.5, 0.6) is 5.75 Å². The molecule has 2 aromatic rings. The summed E-state index contributed by atoms with van der Waals surface area (Å²) in [5.41, 5.74) is 1.83. The third-order valence-corrected chi connectivity index (χ3v) is 7.73. The summed E-state index contributed by atoms with van der Waals surface area (Å²) in [6.45, 7) is 0.925. The minimum atomic E-state index is -1.73. The molecule has 2 aliphatic rings. The number of hydrogen-bond donors (Lipinski definition) is 8. The second-order valence-electron chi connectivity index (χ2n) is 11.5. The lowest BCUT2D eigenvalue weighted by Gasteiger charge is -2.39. The number of aliphatic hydroxyl groups is 3. The van der Waals surface area contributed by atoms with Crippen LogP contribution >= 0.6 is 0 Å². The number of amides is 4. The van der Waals surface area contributed by atoms with E-state index in [0.29, 0.717) is 17.4 Å². The fourth-order valence-corrected chi connectivity index (χ4v) is 4.87. The van der Waals surface area contributed by atoms with Crippen molar-refractivity contribution in [2.24, 2.45) is 0 Å². The van der Waals surface area contributed by atoms with E-state index in [1.54, 1.807) is 19.2 Å². The Labute approximate surface area is 271 Å². The van der Waals surface area contributed by atoms with Crippen LogP contribution in [0.1, 0.15) is 44.1 Å². The highest BCUT2D eigenvalue weighted by Crippen LogP contribution is 2.40. The maximum absolute atomic E-state index is 13.0. The van der Waals surface area contributed by atoms with Crippen LogP contribution in [0.3, 0.4) is 0 Å². The molecule has 6 atom stereocenters.